The molecule has 0 saturated heterocycles. The van der Waals surface area contributed by atoms with Gasteiger partial charge >= 0.3 is 5.97 Å². The molecule has 86 valence electrons. The van der Waals surface area contributed by atoms with E-state index < -0.39 is 17.7 Å². The number of ether oxygens (including phenoxy) is 1. The van der Waals surface area contributed by atoms with E-state index in [1.54, 1.807) is 0 Å². The molecule has 0 unspecified atom stereocenters. The Bertz CT molecular complexity index is 419. The van der Waals surface area contributed by atoms with Gasteiger partial charge < -0.3 is 15.2 Å². The van der Waals surface area contributed by atoms with Gasteiger partial charge in [-0.2, -0.15) is 0 Å². The summed E-state index contributed by atoms with van der Waals surface area (Å²) in [6.07, 6.45) is 0. The Morgan fingerprint density at radius 1 is 1.50 bits per heavy atom. The minimum atomic E-state index is -1.24. The Kier molecular flexibility index (Phi) is 3.82. The van der Waals surface area contributed by atoms with Crippen molar-refractivity contribution in [2.45, 2.75) is 0 Å². The predicted molar refractivity (Wildman–Crippen MR) is 52.9 cm³/mol. The number of carbonyl (C=O) groups is 2. The molecule has 0 saturated carbocycles. The van der Waals surface area contributed by atoms with Crippen molar-refractivity contribution in [1.82, 2.24) is 5.32 Å². The minimum absolute atomic E-state index is 0.170. The summed E-state index contributed by atoms with van der Waals surface area (Å²) >= 11 is 0. The molecule has 1 amide bonds. The fourth-order valence-electron chi connectivity index (χ4n) is 1.01. The second-order valence-corrected chi connectivity index (χ2v) is 2.91. The lowest BCUT2D eigenvalue weighted by Gasteiger charge is -2.08. The molecule has 0 aliphatic carbocycles. The lowest BCUT2D eigenvalue weighted by atomic mass is 10.2. The van der Waals surface area contributed by atoms with Crippen LogP contribution in [-0.4, -0.2) is 30.6 Å². The molecule has 5 nitrogen and oxygen atoms in total. The number of likely N-dealkylation sites (N-methyl/N-ethyl adjacent to an activating group) is 1. The fourth-order valence-corrected chi connectivity index (χ4v) is 1.01. The van der Waals surface area contributed by atoms with E-state index >= 15 is 0 Å². The number of carboxylic acids is 1. The first-order valence-corrected chi connectivity index (χ1v) is 4.41. The van der Waals surface area contributed by atoms with Crippen molar-refractivity contribution in [3.8, 4) is 5.75 Å². The van der Waals surface area contributed by atoms with E-state index in [0.29, 0.717) is 0 Å². The van der Waals surface area contributed by atoms with Gasteiger partial charge in [0.15, 0.2) is 6.61 Å². The quantitative estimate of drug-likeness (QED) is 0.791. The molecule has 0 aliphatic rings. The molecule has 6 heteroatoms. The molecule has 16 heavy (non-hydrogen) atoms. The lowest BCUT2D eigenvalue weighted by Crippen LogP contribution is -2.25. The molecule has 0 spiro atoms. The van der Waals surface area contributed by atoms with Crippen molar-refractivity contribution in [2.24, 2.45) is 0 Å². The van der Waals surface area contributed by atoms with Gasteiger partial charge in [0, 0.05) is 13.1 Å². The van der Waals surface area contributed by atoms with Crippen LogP contribution in [0, 0.1) is 5.82 Å². The molecule has 0 fully saturated rings. The van der Waals surface area contributed by atoms with Crippen molar-refractivity contribution in [1.29, 1.82) is 0 Å². The number of benzene rings is 1. The number of hydrogen-bond acceptors (Lipinski definition) is 3. The fraction of sp³-hybridized carbons (Fsp3) is 0.200. The first kappa shape index (κ1) is 12.0. The number of halogens is 1. The molecule has 2 N–H and O–H groups in total. The Morgan fingerprint density at radius 2 is 2.19 bits per heavy atom. The number of hydrogen-bond donors (Lipinski definition) is 2. The molecular weight excluding hydrogens is 217 g/mol. The molecule has 1 rings (SSSR count). The van der Waals surface area contributed by atoms with Crippen LogP contribution < -0.4 is 10.1 Å². The molecule has 0 bridgehead atoms. The Morgan fingerprint density at radius 3 is 2.75 bits per heavy atom. The molecule has 0 aromatic heterocycles. The standard InChI is InChI=1S/C10H10FNO4/c1-12-9(13)5-16-8-4-6(11)2-3-7(8)10(14)15/h2-4H,5H2,1H3,(H,12,13)(H,14,15). The smallest absolute Gasteiger partial charge is 0.339 e. The van der Waals surface area contributed by atoms with Gasteiger partial charge in [0.1, 0.15) is 17.1 Å². The van der Waals surface area contributed by atoms with Gasteiger partial charge in [-0.1, -0.05) is 0 Å². The van der Waals surface area contributed by atoms with E-state index in [1.807, 2.05) is 0 Å². The molecule has 0 aliphatic heterocycles. The third-order valence-electron chi connectivity index (χ3n) is 1.81. The van der Waals surface area contributed by atoms with Gasteiger partial charge in [-0.15, -0.1) is 0 Å². The maximum Gasteiger partial charge on any atom is 0.339 e. The topological polar surface area (TPSA) is 75.6 Å². The second-order valence-electron chi connectivity index (χ2n) is 2.91. The van der Waals surface area contributed by atoms with Crippen LogP contribution in [0.15, 0.2) is 18.2 Å². The molecule has 0 atom stereocenters. The van der Waals surface area contributed by atoms with Crippen molar-refractivity contribution in [2.75, 3.05) is 13.7 Å². The average molecular weight is 227 g/mol. The Labute approximate surface area is 90.8 Å². The first-order chi connectivity index (χ1) is 7.54. The van der Waals surface area contributed by atoms with Crippen LogP contribution in [0.3, 0.4) is 0 Å². The number of aromatic carboxylic acids is 1. The van der Waals surface area contributed by atoms with Crippen molar-refractivity contribution in [3.63, 3.8) is 0 Å². The minimum Gasteiger partial charge on any atom is -0.483 e. The van der Waals surface area contributed by atoms with Crippen LogP contribution in [0.1, 0.15) is 10.4 Å². The van der Waals surface area contributed by atoms with Crippen molar-refractivity contribution >= 4 is 11.9 Å². The number of rotatable bonds is 4. The normalized spacial score (nSPS) is 9.62. The van der Waals surface area contributed by atoms with E-state index in [4.69, 9.17) is 9.84 Å². The zero-order valence-corrected chi connectivity index (χ0v) is 8.49. The van der Waals surface area contributed by atoms with E-state index in [-0.39, 0.29) is 17.9 Å². The summed E-state index contributed by atoms with van der Waals surface area (Å²) in [6, 6.07) is 3.01. The van der Waals surface area contributed by atoms with E-state index in [2.05, 4.69) is 5.32 Å². The zero-order valence-electron chi connectivity index (χ0n) is 8.49. The molecule has 1 aromatic rings. The van der Waals surface area contributed by atoms with Gasteiger partial charge in [-0.25, -0.2) is 9.18 Å². The second kappa shape index (κ2) is 5.11. The summed E-state index contributed by atoms with van der Waals surface area (Å²) in [5.74, 6) is -2.47. The lowest BCUT2D eigenvalue weighted by molar-refractivity contribution is -0.122. The highest BCUT2D eigenvalue weighted by Crippen LogP contribution is 2.19. The monoisotopic (exact) mass is 227 g/mol. The van der Waals surface area contributed by atoms with Gasteiger partial charge in [-0.3, -0.25) is 4.79 Å². The third kappa shape index (κ3) is 2.94. The summed E-state index contributed by atoms with van der Waals surface area (Å²) in [4.78, 5) is 21.6. The van der Waals surface area contributed by atoms with Crippen LogP contribution in [0.5, 0.6) is 5.75 Å². The van der Waals surface area contributed by atoms with Gasteiger partial charge in [0.25, 0.3) is 5.91 Å². The highest BCUT2D eigenvalue weighted by Gasteiger charge is 2.13. The summed E-state index contributed by atoms with van der Waals surface area (Å²) < 4.78 is 17.7. The number of amides is 1. The molecule has 0 radical (unpaired) electrons. The molecular formula is C10H10FNO4. The van der Waals surface area contributed by atoms with Crippen LogP contribution >= 0.6 is 0 Å². The van der Waals surface area contributed by atoms with Crippen LogP contribution in [-0.2, 0) is 4.79 Å². The van der Waals surface area contributed by atoms with Crippen LogP contribution in [0.4, 0.5) is 4.39 Å². The van der Waals surface area contributed by atoms with Gasteiger partial charge in [0.05, 0.1) is 0 Å². The largest absolute Gasteiger partial charge is 0.483 e. The highest BCUT2D eigenvalue weighted by atomic mass is 19.1. The maximum absolute atomic E-state index is 12.8. The maximum atomic E-state index is 12.8. The molecule has 0 heterocycles. The summed E-state index contributed by atoms with van der Waals surface area (Å²) in [6.45, 7) is -0.361. The Balaban J connectivity index is 2.88. The average Bonchev–Trinajstić information content (AvgIpc) is 2.25. The van der Waals surface area contributed by atoms with Crippen molar-refractivity contribution < 1.29 is 23.8 Å². The SMILES string of the molecule is CNC(=O)COc1cc(F)ccc1C(=O)O. The van der Waals surface area contributed by atoms with Gasteiger partial charge in [0.2, 0.25) is 0 Å². The van der Waals surface area contributed by atoms with E-state index in [1.165, 1.54) is 7.05 Å². The predicted octanol–water partition coefficient (Wildman–Crippen LogP) is 0.649. The summed E-state index contributed by atoms with van der Waals surface area (Å²) in [5, 5.41) is 11.1. The Hall–Kier alpha value is -2.11. The van der Waals surface area contributed by atoms with Gasteiger partial charge in [-0.05, 0) is 12.1 Å². The third-order valence-corrected chi connectivity index (χ3v) is 1.81. The summed E-state index contributed by atoms with van der Waals surface area (Å²) in [7, 11) is 1.41. The van der Waals surface area contributed by atoms with E-state index in [9.17, 15) is 14.0 Å². The first-order valence-electron chi connectivity index (χ1n) is 4.41. The zero-order chi connectivity index (χ0) is 12.1. The molecule has 1 aromatic carbocycles. The number of nitrogens with one attached hydrogen (secondary N) is 1. The van der Waals surface area contributed by atoms with E-state index in [0.717, 1.165) is 18.2 Å². The highest BCUT2D eigenvalue weighted by molar-refractivity contribution is 5.91. The van der Waals surface area contributed by atoms with Crippen molar-refractivity contribution in [3.05, 3.63) is 29.6 Å². The number of carbonyl (C=O) groups excluding carboxylic acids is 1. The summed E-state index contributed by atoms with van der Waals surface area (Å²) in [5.41, 5.74) is -0.190. The van der Waals surface area contributed by atoms with Crippen LogP contribution in [0.25, 0.3) is 0 Å². The van der Waals surface area contributed by atoms with Crippen LogP contribution in [0.2, 0.25) is 0 Å². The number of carboxylic acid groups (broad SMARTS) is 1.